The zero-order valence-electron chi connectivity index (χ0n) is 12.9. The Bertz CT molecular complexity index is 229. The van der Waals surface area contributed by atoms with Gasteiger partial charge in [-0.1, -0.05) is 27.2 Å². The van der Waals surface area contributed by atoms with Crippen LogP contribution in [0.2, 0.25) is 0 Å². The van der Waals surface area contributed by atoms with E-state index < -0.39 is 0 Å². The van der Waals surface area contributed by atoms with E-state index in [4.69, 9.17) is 5.73 Å². The molecule has 0 aromatic heterocycles. The number of carbonyl (C=O) groups excluding carboxylic acids is 1. The van der Waals surface area contributed by atoms with Crippen LogP contribution >= 0.6 is 0 Å². The summed E-state index contributed by atoms with van der Waals surface area (Å²) in [5.41, 5.74) is 5.63. The Morgan fingerprint density at radius 2 is 1.78 bits per heavy atom. The Hall–Kier alpha value is -0.570. The lowest BCUT2D eigenvalue weighted by Gasteiger charge is -2.26. The average Bonchev–Trinajstić information content (AvgIpc) is 2.32. The van der Waals surface area contributed by atoms with Crippen molar-refractivity contribution >= 4 is 5.91 Å². The smallest absolute Gasteiger partial charge is 0.222 e. The Morgan fingerprint density at radius 1 is 1.17 bits per heavy atom. The van der Waals surface area contributed by atoms with E-state index in [1.807, 2.05) is 11.9 Å². The van der Waals surface area contributed by atoms with Gasteiger partial charge in [0.05, 0.1) is 0 Å². The molecule has 3 nitrogen and oxygen atoms in total. The Labute approximate surface area is 113 Å². The maximum atomic E-state index is 12.1. The van der Waals surface area contributed by atoms with Crippen LogP contribution in [0, 0.1) is 11.8 Å². The molecule has 0 aromatic rings. The van der Waals surface area contributed by atoms with Crippen LogP contribution in [0.25, 0.3) is 0 Å². The lowest BCUT2D eigenvalue weighted by Crippen LogP contribution is -2.35. The standard InChI is InChI=1S/C15H32N2O/c1-6-7-13(4)17(5)15(18)9-8-14(10-11-16)12(2)3/h12-14H,6-11,16H2,1-5H3. The second-order valence-electron chi connectivity index (χ2n) is 5.76. The molecule has 0 aliphatic heterocycles. The van der Waals surface area contributed by atoms with Crippen LogP contribution in [-0.2, 0) is 4.79 Å². The van der Waals surface area contributed by atoms with Crippen LogP contribution in [-0.4, -0.2) is 30.4 Å². The number of carbonyl (C=O) groups is 1. The minimum absolute atomic E-state index is 0.277. The van der Waals surface area contributed by atoms with E-state index in [1.54, 1.807) is 0 Å². The molecular weight excluding hydrogens is 224 g/mol. The third kappa shape index (κ3) is 6.39. The van der Waals surface area contributed by atoms with Crippen molar-refractivity contribution in [3.05, 3.63) is 0 Å². The third-order valence-electron chi connectivity index (χ3n) is 3.97. The molecule has 0 radical (unpaired) electrons. The molecule has 0 spiro atoms. The maximum absolute atomic E-state index is 12.1. The van der Waals surface area contributed by atoms with Gasteiger partial charge in [0.1, 0.15) is 0 Å². The molecule has 2 N–H and O–H groups in total. The molecule has 0 aliphatic rings. The number of amides is 1. The highest BCUT2D eigenvalue weighted by molar-refractivity contribution is 5.76. The quantitative estimate of drug-likeness (QED) is 0.689. The summed E-state index contributed by atoms with van der Waals surface area (Å²) in [6.07, 6.45) is 4.86. The molecule has 1 amide bonds. The van der Waals surface area contributed by atoms with Crippen molar-refractivity contribution in [3.63, 3.8) is 0 Å². The summed E-state index contributed by atoms with van der Waals surface area (Å²) in [5.74, 6) is 1.46. The molecule has 0 heterocycles. The van der Waals surface area contributed by atoms with E-state index in [9.17, 15) is 4.79 Å². The van der Waals surface area contributed by atoms with Gasteiger partial charge in [-0.3, -0.25) is 4.79 Å². The first-order valence-electron chi connectivity index (χ1n) is 7.39. The van der Waals surface area contributed by atoms with E-state index in [-0.39, 0.29) is 5.91 Å². The van der Waals surface area contributed by atoms with Crippen molar-refractivity contribution < 1.29 is 4.79 Å². The molecule has 0 fully saturated rings. The number of hydrogen-bond donors (Lipinski definition) is 1. The predicted octanol–water partition coefficient (Wildman–Crippen LogP) is 3.03. The minimum atomic E-state index is 0.277. The first kappa shape index (κ1) is 17.4. The van der Waals surface area contributed by atoms with Gasteiger partial charge in [0.25, 0.3) is 0 Å². The lowest BCUT2D eigenvalue weighted by atomic mass is 9.88. The van der Waals surface area contributed by atoms with Gasteiger partial charge in [-0.25, -0.2) is 0 Å². The monoisotopic (exact) mass is 256 g/mol. The molecule has 3 heteroatoms. The molecule has 108 valence electrons. The number of rotatable bonds is 9. The third-order valence-corrected chi connectivity index (χ3v) is 3.97. The molecule has 18 heavy (non-hydrogen) atoms. The average molecular weight is 256 g/mol. The molecule has 2 atom stereocenters. The molecule has 0 aromatic carbocycles. The maximum Gasteiger partial charge on any atom is 0.222 e. The summed E-state index contributed by atoms with van der Waals surface area (Å²) in [7, 11) is 1.93. The van der Waals surface area contributed by atoms with Crippen molar-refractivity contribution in [2.24, 2.45) is 17.6 Å². The van der Waals surface area contributed by atoms with Gasteiger partial charge in [0.15, 0.2) is 0 Å². The predicted molar refractivity (Wildman–Crippen MR) is 78.4 cm³/mol. The van der Waals surface area contributed by atoms with Crippen LogP contribution in [0.3, 0.4) is 0 Å². The van der Waals surface area contributed by atoms with Crippen molar-refractivity contribution in [1.29, 1.82) is 0 Å². The molecular formula is C15H32N2O. The fraction of sp³-hybridized carbons (Fsp3) is 0.933. The largest absolute Gasteiger partial charge is 0.343 e. The van der Waals surface area contributed by atoms with E-state index in [2.05, 4.69) is 27.7 Å². The van der Waals surface area contributed by atoms with Gasteiger partial charge in [-0.2, -0.15) is 0 Å². The van der Waals surface area contributed by atoms with Crippen molar-refractivity contribution in [2.75, 3.05) is 13.6 Å². The second kappa shape index (κ2) is 9.37. The molecule has 0 rings (SSSR count). The molecule has 0 saturated heterocycles. The van der Waals surface area contributed by atoms with Crippen LogP contribution in [0.5, 0.6) is 0 Å². The Kier molecular flexibility index (Phi) is 9.08. The lowest BCUT2D eigenvalue weighted by molar-refractivity contribution is -0.132. The Balaban J connectivity index is 4.14. The molecule has 2 unspecified atom stereocenters. The summed E-state index contributed by atoms with van der Waals surface area (Å²) in [4.78, 5) is 14.0. The van der Waals surface area contributed by atoms with Gasteiger partial charge in [0, 0.05) is 19.5 Å². The first-order valence-corrected chi connectivity index (χ1v) is 7.39. The summed E-state index contributed by atoms with van der Waals surface area (Å²) in [6, 6.07) is 0.356. The topological polar surface area (TPSA) is 46.3 Å². The van der Waals surface area contributed by atoms with Crippen molar-refractivity contribution in [2.45, 2.75) is 65.8 Å². The van der Waals surface area contributed by atoms with Crippen molar-refractivity contribution in [1.82, 2.24) is 4.90 Å². The van der Waals surface area contributed by atoms with Gasteiger partial charge >= 0.3 is 0 Å². The van der Waals surface area contributed by atoms with Crippen LogP contribution < -0.4 is 5.73 Å². The second-order valence-corrected chi connectivity index (χ2v) is 5.76. The number of nitrogens with zero attached hydrogens (tertiary/aromatic N) is 1. The van der Waals surface area contributed by atoms with Gasteiger partial charge in [0.2, 0.25) is 5.91 Å². The van der Waals surface area contributed by atoms with E-state index in [1.165, 1.54) is 0 Å². The van der Waals surface area contributed by atoms with Crippen molar-refractivity contribution in [3.8, 4) is 0 Å². The molecule has 0 bridgehead atoms. The fourth-order valence-corrected chi connectivity index (χ4v) is 2.37. The molecule has 0 aliphatic carbocycles. The normalized spacial score (nSPS) is 14.6. The van der Waals surface area contributed by atoms with Crippen LogP contribution in [0.15, 0.2) is 0 Å². The first-order chi connectivity index (χ1) is 8.43. The van der Waals surface area contributed by atoms with Gasteiger partial charge in [-0.15, -0.1) is 0 Å². The molecule has 0 saturated carbocycles. The highest BCUT2D eigenvalue weighted by Gasteiger charge is 2.18. The summed E-state index contributed by atoms with van der Waals surface area (Å²) in [5, 5.41) is 0. The zero-order chi connectivity index (χ0) is 14.1. The van der Waals surface area contributed by atoms with E-state index in [0.717, 1.165) is 32.2 Å². The zero-order valence-corrected chi connectivity index (χ0v) is 12.9. The highest BCUT2D eigenvalue weighted by Crippen LogP contribution is 2.21. The van der Waals surface area contributed by atoms with Crippen LogP contribution in [0.1, 0.15) is 59.8 Å². The van der Waals surface area contributed by atoms with Gasteiger partial charge in [-0.05, 0) is 44.6 Å². The van der Waals surface area contributed by atoms with Gasteiger partial charge < -0.3 is 10.6 Å². The van der Waals surface area contributed by atoms with E-state index >= 15 is 0 Å². The summed E-state index contributed by atoms with van der Waals surface area (Å²) >= 11 is 0. The highest BCUT2D eigenvalue weighted by atomic mass is 16.2. The number of hydrogen-bond acceptors (Lipinski definition) is 2. The summed E-state index contributed by atoms with van der Waals surface area (Å²) in [6.45, 7) is 9.44. The SMILES string of the molecule is CCCC(C)N(C)C(=O)CCC(CCN)C(C)C. The number of nitrogens with two attached hydrogens (primary N) is 1. The van der Waals surface area contributed by atoms with E-state index in [0.29, 0.717) is 24.3 Å². The van der Waals surface area contributed by atoms with Crippen LogP contribution in [0.4, 0.5) is 0 Å². The minimum Gasteiger partial charge on any atom is -0.343 e. The summed E-state index contributed by atoms with van der Waals surface area (Å²) < 4.78 is 0. The fourth-order valence-electron chi connectivity index (χ4n) is 2.37. The Morgan fingerprint density at radius 3 is 2.22 bits per heavy atom.